The van der Waals surface area contributed by atoms with E-state index in [9.17, 15) is 14.9 Å². The van der Waals surface area contributed by atoms with Crippen LogP contribution in [0.15, 0.2) is 59.8 Å². The van der Waals surface area contributed by atoms with Crippen molar-refractivity contribution in [3.05, 3.63) is 76.0 Å². The zero-order valence-corrected chi connectivity index (χ0v) is 14.4. The van der Waals surface area contributed by atoms with E-state index < -0.39 is 10.8 Å². The summed E-state index contributed by atoms with van der Waals surface area (Å²) in [6.45, 7) is 4.20. The average Bonchev–Trinajstić information content (AvgIpc) is 3.01. The monoisotopic (exact) mass is 350 g/mol. The minimum atomic E-state index is -0.510. The van der Waals surface area contributed by atoms with Crippen molar-refractivity contribution in [1.82, 2.24) is 9.99 Å². The molecule has 1 N–H and O–H groups in total. The number of aromatic nitrogens is 1. The Morgan fingerprint density at radius 2 is 1.88 bits per heavy atom. The molecule has 7 nitrogen and oxygen atoms in total. The summed E-state index contributed by atoms with van der Waals surface area (Å²) in [6, 6.07) is 13.7. The van der Waals surface area contributed by atoms with Gasteiger partial charge in [0.15, 0.2) is 0 Å². The summed E-state index contributed by atoms with van der Waals surface area (Å²) in [4.78, 5) is 22.2. The molecule has 0 bridgehead atoms. The van der Waals surface area contributed by atoms with Crippen LogP contribution in [0.3, 0.4) is 0 Å². The highest BCUT2D eigenvalue weighted by molar-refractivity contribution is 6.00. The van der Waals surface area contributed by atoms with Crippen LogP contribution in [0.4, 0.5) is 5.69 Å². The molecule has 0 saturated heterocycles. The third-order valence-electron chi connectivity index (χ3n) is 4.04. The first-order valence-corrected chi connectivity index (χ1v) is 8.15. The molecule has 0 aliphatic heterocycles. The molecule has 7 heteroatoms. The summed E-state index contributed by atoms with van der Waals surface area (Å²) < 4.78 is 2.15. The highest BCUT2D eigenvalue weighted by Gasteiger charge is 2.10. The third-order valence-corrected chi connectivity index (χ3v) is 4.04. The second-order valence-corrected chi connectivity index (χ2v) is 6.11. The molecular formula is C19H18N4O3. The van der Waals surface area contributed by atoms with Crippen molar-refractivity contribution >= 4 is 28.7 Å². The SMILES string of the molecule is CC(C)n1cc(/C=N\NC(=O)c2ccc([N+](=O)[O-])cc2)c2ccccc21. The number of nitro benzene ring substituents is 1. The van der Waals surface area contributed by atoms with E-state index in [1.54, 1.807) is 6.21 Å². The van der Waals surface area contributed by atoms with Crippen LogP contribution in [0.5, 0.6) is 0 Å². The molecule has 1 heterocycles. The van der Waals surface area contributed by atoms with Crippen molar-refractivity contribution in [2.75, 3.05) is 0 Å². The van der Waals surface area contributed by atoms with Crippen molar-refractivity contribution < 1.29 is 9.72 Å². The maximum absolute atomic E-state index is 12.1. The van der Waals surface area contributed by atoms with Gasteiger partial charge in [0.25, 0.3) is 11.6 Å². The van der Waals surface area contributed by atoms with Gasteiger partial charge in [0.05, 0.1) is 11.1 Å². The lowest BCUT2D eigenvalue weighted by Crippen LogP contribution is -2.17. The van der Waals surface area contributed by atoms with Crippen molar-refractivity contribution in [2.45, 2.75) is 19.9 Å². The number of rotatable bonds is 5. The third kappa shape index (κ3) is 3.46. The van der Waals surface area contributed by atoms with Crippen LogP contribution >= 0.6 is 0 Å². The molecule has 0 atom stereocenters. The summed E-state index contributed by atoms with van der Waals surface area (Å²) in [6.07, 6.45) is 3.60. The second-order valence-electron chi connectivity index (χ2n) is 6.11. The molecule has 3 rings (SSSR count). The molecule has 132 valence electrons. The van der Waals surface area contributed by atoms with E-state index in [2.05, 4.69) is 28.9 Å². The van der Waals surface area contributed by atoms with E-state index >= 15 is 0 Å². The Morgan fingerprint density at radius 1 is 1.19 bits per heavy atom. The number of hydrazone groups is 1. The number of carbonyl (C=O) groups is 1. The van der Waals surface area contributed by atoms with E-state index in [0.29, 0.717) is 11.6 Å². The average molecular weight is 350 g/mol. The van der Waals surface area contributed by atoms with Crippen LogP contribution in [0.2, 0.25) is 0 Å². The molecule has 0 aliphatic rings. The molecule has 1 aromatic heterocycles. The molecule has 0 aliphatic carbocycles. The van der Waals surface area contributed by atoms with Gasteiger partial charge in [0.1, 0.15) is 0 Å². The number of carbonyl (C=O) groups excluding carboxylic acids is 1. The molecule has 1 amide bonds. The minimum absolute atomic E-state index is 0.0634. The number of para-hydroxylation sites is 1. The van der Waals surface area contributed by atoms with Gasteiger partial charge >= 0.3 is 0 Å². The first kappa shape index (κ1) is 17.3. The first-order chi connectivity index (χ1) is 12.5. The normalized spacial score (nSPS) is 11.3. The maximum atomic E-state index is 12.1. The largest absolute Gasteiger partial charge is 0.344 e. The number of hydrogen-bond donors (Lipinski definition) is 1. The number of nitrogens with zero attached hydrogens (tertiary/aromatic N) is 3. The molecule has 26 heavy (non-hydrogen) atoms. The molecule has 2 aromatic carbocycles. The molecule has 0 fully saturated rings. The number of fused-ring (bicyclic) bond motifs is 1. The molecule has 0 radical (unpaired) electrons. The highest BCUT2D eigenvalue weighted by Crippen LogP contribution is 2.23. The summed E-state index contributed by atoms with van der Waals surface area (Å²) in [5.41, 5.74) is 4.69. The first-order valence-electron chi connectivity index (χ1n) is 8.15. The zero-order chi connectivity index (χ0) is 18.7. The fraction of sp³-hybridized carbons (Fsp3) is 0.158. The van der Waals surface area contributed by atoms with Crippen molar-refractivity contribution in [1.29, 1.82) is 0 Å². The van der Waals surface area contributed by atoms with Gasteiger partial charge in [0, 0.05) is 46.4 Å². The van der Waals surface area contributed by atoms with Gasteiger partial charge in [0.2, 0.25) is 0 Å². The number of hydrogen-bond acceptors (Lipinski definition) is 4. The molecular weight excluding hydrogens is 332 g/mol. The lowest BCUT2D eigenvalue weighted by Gasteiger charge is -2.08. The molecule has 0 spiro atoms. The van der Waals surface area contributed by atoms with Crippen LogP contribution in [-0.4, -0.2) is 21.6 Å². The van der Waals surface area contributed by atoms with Crippen LogP contribution < -0.4 is 5.43 Å². The topological polar surface area (TPSA) is 89.5 Å². The van der Waals surface area contributed by atoms with Crippen molar-refractivity contribution in [2.24, 2.45) is 5.10 Å². The lowest BCUT2D eigenvalue weighted by molar-refractivity contribution is -0.384. The summed E-state index contributed by atoms with van der Waals surface area (Å²) in [7, 11) is 0. The number of amides is 1. The quantitative estimate of drug-likeness (QED) is 0.430. The summed E-state index contributed by atoms with van der Waals surface area (Å²) >= 11 is 0. The number of nitro groups is 1. The fourth-order valence-corrected chi connectivity index (χ4v) is 2.72. The zero-order valence-electron chi connectivity index (χ0n) is 14.4. The van der Waals surface area contributed by atoms with E-state index in [4.69, 9.17) is 0 Å². The smallest absolute Gasteiger partial charge is 0.271 e. The van der Waals surface area contributed by atoms with Gasteiger partial charge < -0.3 is 4.57 Å². The predicted molar refractivity (Wildman–Crippen MR) is 100 cm³/mol. The Kier molecular flexibility index (Phi) is 4.79. The minimum Gasteiger partial charge on any atom is -0.344 e. The Labute approximate surface area is 150 Å². The Hall–Kier alpha value is -3.48. The maximum Gasteiger partial charge on any atom is 0.271 e. The van der Waals surface area contributed by atoms with Gasteiger partial charge in [-0.1, -0.05) is 18.2 Å². The van der Waals surface area contributed by atoms with E-state index in [1.807, 2.05) is 30.5 Å². The van der Waals surface area contributed by atoms with E-state index in [1.165, 1.54) is 24.3 Å². The van der Waals surface area contributed by atoms with Crippen LogP contribution in [0.25, 0.3) is 10.9 Å². The van der Waals surface area contributed by atoms with Gasteiger partial charge in [-0.25, -0.2) is 5.43 Å². The summed E-state index contributed by atoms with van der Waals surface area (Å²) in [5, 5.41) is 15.7. The van der Waals surface area contributed by atoms with Gasteiger partial charge in [-0.05, 0) is 32.0 Å². The van der Waals surface area contributed by atoms with Crippen LogP contribution in [0.1, 0.15) is 35.8 Å². The van der Waals surface area contributed by atoms with Crippen LogP contribution in [-0.2, 0) is 0 Å². The van der Waals surface area contributed by atoms with Crippen molar-refractivity contribution in [3.8, 4) is 0 Å². The Morgan fingerprint density at radius 3 is 2.54 bits per heavy atom. The van der Waals surface area contributed by atoms with Crippen LogP contribution in [0, 0.1) is 10.1 Å². The standard InChI is InChI=1S/C19H18N4O3/c1-13(2)22-12-15(17-5-3-4-6-18(17)22)11-20-21-19(24)14-7-9-16(10-8-14)23(25)26/h3-13H,1-2H3,(H,21,24)/b20-11-. The van der Waals surface area contributed by atoms with Gasteiger partial charge in [-0.15, -0.1) is 0 Å². The number of nitrogens with one attached hydrogen (secondary N) is 1. The number of benzene rings is 2. The molecule has 3 aromatic rings. The van der Waals surface area contributed by atoms with Crippen molar-refractivity contribution in [3.63, 3.8) is 0 Å². The molecule has 0 saturated carbocycles. The highest BCUT2D eigenvalue weighted by atomic mass is 16.6. The van der Waals surface area contributed by atoms with E-state index in [-0.39, 0.29) is 5.69 Å². The number of non-ortho nitro benzene ring substituents is 1. The fourth-order valence-electron chi connectivity index (χ4n) is 2.72. The Balaban J connectivity index is 1.77. The van der Waals surface area contributed by atoms with Gasteiger partial charge in [-0.3, -0.25) is 14.9 Å². The second kappa shape index (κ2) is 7.18. The summed E-state index contributed by atoms with van der Waals surface area (Å²) in [5.74, 6) is -0.427. The van der Waals surface area contributed by atoms with Gasteiger partial charge in [-0.2, -0.15) is 5.10 Å². The predicted octanol–water partition coefficient (Wildman–Crippen LogP) is 3.89. The van der Waals surface area contributed by atoms with E-state index in [0.717, 1.165) is 16.5 Å². The molecule has 0 unspecified atom stereocenters. The Bertz CT molecular complexity index is 988. The lowest BCUT2D eigenvalue weighted by atomic mass is 10.2.